The van der Waals surface area contributed by atoms with E-state index in [-0.39, 0.29) is 5.91 Å². The van der Waals surface area contributed by atoms with Crippen LogP contribution in [-0.4, -0.2) is 27.8 Å². The van der Waals surface area contributed by atoms with E-state index in [0.717, 1.165) is 11.1 Å². The fourth-order valence-electron chi connectivity index (χ4n) is 3.35. The third kappa shape index (κ3) is 5.38. The zero-order valence-electron chi connectivity index (χ0n) is 19.0. The summed E-state index contributed by atoms with van der Waals surface area (Å²) in [5.41, 5.74) is 4.98. The molecule has 0 unspecified atom stereocenters. The number of hydrogen-bond acceptors (Lipinski definition) is 6. The van der Waals surface area contributed by atoms with E-state index in [9.17, 15) is 4.79 Å². The molecule has 4 rings (SSSR count). The number of anilines is 2. The number of hydrogen-bond donors (Lipinski definition) is 2. The molecular weight excluding hydrogens is 414 g/mol. The second kappa shape index (κ2) is 9.99. The van der Waals surface area contributed by atoms with Crippen LogP contribution in [0, 0.1) is 13.8 Å². The first-order chi connectivity index (χ1) is 16.0. The van der Waals surface area contributed by atoms with Crippen molar-refractivity contribution in [3.63, 3.8) is 0 Å². The van der Waals surface area contributed by atoms with Gasteiger partial charge in [0.25, 0.3) is 5.91 Å². The van der Waals surface area contributed by atoms with Crippen molar-refractivity contribution < 1.29 is 9.53 Å². The smallest absolute Gasteiger partial charge is 0.285 e. The van der Waals surface area contributed by atoms with Crippen molar-refractivity contribution in [1.29, 1.82) is 0 Å². The topological polar surface area (TPSA) is 81.1 Å². The van der Waals surface area contributed by atoms with Crippen molar-refractivity contribution >= 4 is 17.8 Å². The Labute approximate surface area is 193 Å². The van der Waals surface area contributed by atoms with Gasteiger partial charge in [0.1, 0.15) is 5.75 Å². The van der Waals surface area contributed by atoms with Gasteiger partial charge in [-0.1, -0.05) is 71.8 Å². The van der Waals surface area contributed by atoms with Gasteiger partial charge in [-0.3, -0.25) is 4.79 Å². The van der Waals surface area contributed by atoms with Crippen LogP contribution in [-0.2, 0) is 13.1 Å². The Morgan fingerprint density at radius 2 is 1.42 bits per heavy atom. The maximum atomic E-state index is 13.3. The highest BCUT2D eigenvalue weighted by molar-refractivity contribution is 5.99. The lowest BCUT2D eigenvalue weighted by molar-refractivity contribution is 0.0944. The average molecular weight is 442 g/mol. The highest BCUT2D eigenvalue weighted by Gasteiger charge is 2.20. The summed E-state index contributed by atoms with van der Waals surface area (Å²) in [5, 5.41) is 10.9. The largest absolute Gasteiger partial charge is 0.496 e. The molecule has 33 heavy (non-hydrogen) atoms. The first-order valence-corrected chi connectivity index (χ1v) is 10.8. The number of para-hydroxylation sites is 1. The SMILES string of the molecule is COc1ccccc1C(=O)n1nc(NCc2ccc(C)cc2)nc1NCc1ccc(C)cc1. The van der Waals surface area contributed by atoms with Gasteiger partial charge in [-0.05, 0) is 37.1 Å². The lowest BCUT2D eigenvalue weighted by atomic mass is 10.1. The predicted molar refractivity (Wildman–Crippen MR) is 130 cm³/mol. The van der Waals surface area contributed by atoms with Gasteiger partial charge in [0.15, 0.2) is 0 Å². The molecule has 0 saturated carbocycles. The number of ether oxygens (including phenoxy) is 1. The Morgan fingerprint density at radius 3 is 2.03 bits per heavy atom. The van der Waals surface area contributed by atoms with Gasteiger partial charge in [0.2, 0.25) is 11.9 Å². The molecule has 0 aliphatic carbocycles. The van der Waals surface area contributed by atoms with Crippen LogP contribution in [0.3, 0.4) is 0 Å². The molecule has 7 heteroatoms. The Hall–Kier alpha value is -4.13. The van der Waals surface area contributed by atoms with E-state index in [1.165, 1.54) is 15.8 Å². The highest BCUT2D eigenvalue weighted by atomic mass is 16.5. The fraction of sp³-hybridized carbons (Fsp3) is 0.192. The van der Waals surface area contributed by atoms with Gasteiger partial charge >= 0.3 is 0 Å². The molecule has 0 spiro atoms. The number of rotatable bonds is 8. The number of aryl methyl sites for hydroxylation is 2. The Morgan fingerprint density at radius 1 is 0.848 bits per heavy atom. The van der Waals surface area contributed by atoms with Crippen LogP contribution in [0.5, 0.6) is 5.75 Å². The summed E-state index contributed by atoms with van der Waals surface area (Å²) in [6.07, 6.45) is 0. The number of nitrogens with zero attached hydrogens (tertiary/aromatic N) is 3. The quantitative estimate of drug-likeness (QED) is 0.408. The Bertz CT molecular complexity index is 1230. The minimum atomic E-state index is -0.324. The minimum Gasteiger partial charge on any atom is -0.496 e. The van der Waals surface area contributed by atoms with E-state index in [1.54, 1.807) is 25.3 Å². The van der Waals surface area contributed by atoms with Crippen LogP contribution >= 0.6 is 0 Å². The molecule has 2 N–H and O–H groups in total. The molecule has 0 aliphatic heterocycles. The van der Waals surface area contributed by atoms with E-state index in [2.05, 4.69) is 64.0 Å². The number of carbonyl (C=O) groups excluding carboxylic acids is 1. The van der Waals surface area contributed by atoms with Crippen molar-refractivity contribution in [2.24, 2.45) is 0 Å². The zero-order valence-corrected chi connectivity index (χ0v) is 19.0. The zero-order chi connectivity index (χ0) is 23.2. The Kier molecular flexibility index (Phi) is 6.69. The molecule has 4 aromatic rings. The monoisotopic (exact) mass is 441 g/mol. The maximum Gasteiger partial charge on any atom is 0.285 e. The maximum absolute atomic E-state index is 13.3. The van der Waals surface area contributed by atoms with Gasteiger partial charge in [0.05, 0.1) is 12.7 Å². The second-order valence-corrected chi connectivity index (χ2v) is 7.85. The summed E-state index contributed by atoms with van der Waals surface area (Å²) in [6, 6.07) is 23.5. The van der Waals surface area contributed by atoms with Crippen molar-refractivity contribution in [2.75, 3.05) is 17.7 Å². The first kappa shape index (κ1) is 22.1. The molecule has 0 bridgehead atoms. The van der Waals surface area contributed by atoms with E-state index in [0.29, 0.717) is 36.3 Å². The lowest BCUT2D eigenvalue weighted by Gasteiger charge is -2.10. The third-order valence-electron chi connectivity index (χ3n) is 5.28. The van der Waals surface area contributed by atoms with Crippen molar-refractivity contribution in [3.05, 3.63) is 101 Å². The third-order valence-corrected chi connectivity index (χ3v) is 5.28. The molecule has 0 radical (unpaired) electrons. The summed E-state index contributed by atoms with van der Waals surface area (Å²) >= 11 is 0. The molecule has 1 heterocycles. The molecule has 1 aromatic heterocycles. The fourth-order valence-corrected chi connectivity index (χ4v) is 3.35. The summed E-state index contributed by atoms with van der Waals surface area (Å²) in [5.74, 6) is 0.884. The van der Waals surface area contributed by atoms with Gasteiger partial charge in [-0.2, -0.15) is 9.67 Å². The summed E-state index contributed by atoms with van der Waals surface area (Å²) < 4.78 is 6.65. The van der Waals surface area contributed by atoms with Gasteiger partial charge < -0.3 is 15.4 Å². The molecule has 168 valence electrons. The number of nitrogens with one attached hydrogen (secondary N) is 2. The normalized spacial score (nSPS) is 10.6. The number of methoxy groups -OCH3 is 1. The van der Waals surface area contributed by atoms with Crippen LogP contribution in [0.25, 0.3) is 0 Å². The average Bonchev–Trinajstić information content (AvgIpc) is 3.26. The van der Waals surface area contributed by atoms with Crippen molar-refractivity contribution in [1.82, 2.24) is 14.8 Å². The van der Waals surface area contributed by atoms with Crippen LogP contribution in [0.2, 0.25) is 0 Å². The molecule has 0 saturated heterocycles. The summed E-state index contributed by atoms with van der Waals surface area (Å²) in [6.45, 7) is 5.15. The molecule has 0 atom stereocenters. The molecular formula is C26H27N5O2. The molecule has 0 fully saturated rings. The summed E-state index contributed by atoms with van der Waals surface area (Å²) in [7, 11) is 1.54. The van der Waals surface area contributed by atoms with Gasteiger partial charge in [0, 0.05) is 13.1 Å². The minimum absolute atomic E-state index is 0.324. The molecule has 0 aliphatic rings. The number of carbonyl (C=O) groups is 1. The van der Waals surface area contributed by atoms with E-state index in [4.69, 9.17) is 4.74 Å². The van der Waals surface area contributed by atoms with Crippen LogP contribution in [0.4, 0.5) is 11.9 Å². The second-order valence-electron chi connectivity index (χ2n) is 7.85. The number of benzene rings is 3. The number of aromatic nitrogens is 3. The lowest BCUT2D eigenvalue weighted by Crippen LogP contribution is -2.18. The van der Waals surface area contributed by atoms with Crippen molar-refractivity contribution in [3.8, 4) is 5.75 Å². The van der Waals surface area contributed by atoms with Crippen LogP contribution in [0.15, 0.2) is 72.8 Å². The molecule has 7 nitrogen and oxygen atoms in total. The van der Waals surface area contributed by atoms with Gasteiger partial charge in [-0.25, -0.2) is 0 Å². The van der Waals surface area contributed by atoms with Crippen molar-refractivity contribution in [2.45, 2.75) is 26.9 Å². The van der Waals surface area contributed by atoms with E-state index >= 15 is 0 Å². The Balaban J connectivity index is 1.59. The standard InChI is InChI=1S/C26H27N5O2/c1-18-8-12-20(13-9-18)16-27-25-29-26(28-17-21-14-10-19(2)11-15-21)31(30-25)24(32)22-6-4-5-7-23(22)33-3/h4-15H,16-17H2,1-3H3,(H2,27,28,29,30). The van der Waals surface area contributed by atoms with Gasteiger partial charge in [-0.15, -0.1) is 5.10 Å². The van der Waals surface area contributed by atoms with E-state index < -0.39 is 0 Å². The summed E-state index contributed by atoms with van der Waals surface area (Å²) in [4.78, 5) is 17.9. The predicted octanol–water partition coefficient (Wildman–Crippen LogP) is 4.82. The van der Waals surface area contributed by atoms with Crippen LogP contribution in [0.1, 0.15) is 32.6 Å². The van der Waals surface area contributed by atoms with E-state index in [1.807, 2.05) is 25.1 Å². The highest BCUT2D eigenvalue weighted by Crippen LogP contribution is 2.21. The van der Waals surface area contributed by atoms with Crippen LogP contribution < -0.4 is 15.4 Å². The molecule has 3 aromatic carbocycles. The first-order valence-electron chi connectivity index (χ1n) is 10.8. The molecule has 0 amide bonds.